The van der Waals surface area contributed by atoms with E-state index in [-0.39, 0.29) is 11.0 Å². The molecule has 1 atom stereocenters. The van der Waals surface area contributed by atoms with E-state index >= 15 is 0 Å². The Bertz CT molecular complexity index is 381. The maximum Gasteiger partial charge on any atom is 0.0413 e. The van der Waals surface area contributed by atoms with Gasteiger partial charge in [-0.15, -0.1) is 0 Å². The van der Waals surface area contributed by atoms with Gasteiger partial charge in [-0.2, -0.15) is 0 Å². The number of nitrogens with one attached hydrogen (secondary N) is 1. The Morgan fingerprint density at radius 1 is 1.21 bits per heavy atom. The van der Waals surface area contributed by atoms with Crippen LogP contribution in [0.3, 0.4) is 0 Å². The van der Waals surface area contributed by atoms with Crippen LogP contribution in [0.4, 0.5) is 0 Å². The Labute approximate surface area is 126 Å². The summed E-state index contributed by atoms with van der Waals surface area (Å²) in [5.74, 6) is 0. The molecular formula is C16H27BrN2. The van der Waals surface area contributed by atoms with E-state index in [0.29, 0.717) is 0 Å². The van der Waals surface area contributed by atoms with Crippen molar-refractivity contribution in [3.8, 4) is 0 Å². The summed E-state index contributed by atoms with van der Waals surface area (Å²) >= 11 is 3.44. The SMILES string of the molecule is CCCC(C)(CNC(C)(C)C)Cc1ccc(Br)cn1. The zero-order chi connectivity index (χ0) is 14.5. The zero-order valence-corrected chi connectivity index (χ0v) is 14.5. The fourth-order valence-electron chi connectivity index (χ4n) is 2.27. The van der Waals surface area contributed by atoms with Gasteiger partial charge in [-0.25, -0.2) is 0 Å². The van der Waals surface area contributed by atoms with Crippen LogP contribution in [-0.4, -0.2) is 17.1 Å². The zero-order valence-electron chi connectivity index (χ0n) is 12.9. The third kappa shape index (κ3) is 6.53. The van der Waals surface area contributed by atoms with Gasteiger partial charge in [-0.3, -0.25) is 4.98 Å². The lowest BCUT2D eigenvalue weighted by Crippen LogP contribution is -2.43. The highest BCUT2D eigenvalue weighted by Crippen LogP contribution is 2.28. The van der Waals surface area contributed by atoms with Gasteiger partial charge in [0.15, 0.2) is 0 Å². The van der Waals surface area contributed by atoms with E-state index in [4.69, 9.17) is 0 Å². The Morgan fingerprint density at radius 2 is 1.89 bits per heavy atom. The van der Waals surface area contributed by atoms with E-state index in [1.807, 2.05) is 6.20 Å². The van der Waals surface area contributed by atoms with Crippen LogP contribution in [0, 0.1) is 5.41 Å². The molecule has 0 aliphatic heterocycles. The molecule has 0 aliphatic carbocycles. The van der Waals surface area contributed by atoms with Crippen LogP contribution in [0.25, 0.3) is 0 Å². The number of hydrogen-bond acceptors (Lipinski definition) is 2. The molecule has 1 unspecified atom stereocenters. The lowest BCUT2D eigenvalue weighted by molar-refractivity contribution is 0.242. The first-order chi connectivity index (χ1) is 8.74. The van der Waals surface area contributed by atoms with E-state index in [1.54, 1.807) is 0 Å². The third-order valence-electron chi connectivity index (χ3n) is 3.30. The second kappa shape index (κ2) is 6.85. The second-order valence-corrected chi connectivity index (χ2v) is 7.72. The highest BCUT2D eigenvalue weighted by Gasteiger charge is 2.26. The summed E-state index contributed by atoms with van der Waals surface area (Å²) < 4.78 is 1.04. The fourth-order valence-corrected chi connectivity index (χ4v) is 2.50. The average Bonchev–Trinajstić information content (AvgIpc) is 2.30. The molecule has 1 heterocycles. The molecule has 0 amide bonds. The summed E-state index contributed by atoms with van der Waals surface area (Å²) in [6.07, 6.45) is 5.34. The van der Waals surface area contributed by atoms with E-state index in [9.17, 15) is 0 Å². The van der Waals surface area contributed by atoms with Crippen molar-refractivity contribution >= 4 is 15.9 Å². The normalized spacial score (nSPS) is 15.3. The van der Waals surface area contributed by atoms with Crippen molar-refractivity contribution in [2.45, 2.75) is 59.4 Å². The van der Waals surface area contributed by atoms with Crippen LogP contribution in [0.1, 0.15) is 53.2 Å². The van der Waals surface area contributed by atoms with Crippen molar-refractivity contribution < 1.29 is 0 Å². The summed E-state index contributed by atoms with van der Waals surface area (Å²) in [6, 6.07) is 4.20. The number of aromatic nitrogens is 1. The predicted molar refractivity (Wildman–Crippen MR) is 86.4 cm³/mol. The lowest BCUT2D eigenvalue weighted by Gasteiger charge is -2.33. The van der Waals surface area contributed by atoms with Crippen LogP contribution < -0.4 is 5.32 Å². The molecule has 19 heavy (non-hydrogen) atoms. The topological polar surface area (TPSA) is 24.9 Å². The lowest BCUT2D eigenvalue weighted by atomic mass is 9.80. The van der Waals surface area contributed by atoms with Crippen molar-refractivity contribution in [3.05, 3.63) is 28.5 Å². The van der Waals surface area contributed by atoms with Crippen molar-refractivity contribution in [2.75, 3.05) is 6.54 Å². The Morgan fingerprint density at radius 3 is 2.37 bits per heavy atom. The number of halogens is 1. The molecule has 0 fully saturated rings. The number of hydrogen-bond donors (Lipinski definition) is 1. The van der Waals surface area contributed by atoms with Crippen molar-refractivity contribution in [2.24, 2.45) is 5.41 Å². The molecule has 1 N–H and O–H groups in total. The minimum absolute atomic E-state index is 0.169. The Hall–Kier alpha value is -0.410. The van der Waals surface area contributed by atoms with Gasteiger partial charge in [0.25, 0.3) is 0 Å². The van der Waals surface area contributed by atoms with Crippen LogP contribution >= 0.6 is 15.9 Å². The molecule has 0 spiro atoms. The highest BCUT2D eigenvalue weighted by atomic mass is 79.9. The van der Waals surface area contributed by atoms with Crippen LogP contribution in [0.5, 0.6) is 0 Å². The van der Waals surface area contributed by atoms with Crippen molar-refractivity contribution in [1.82, 2.24) is 10.3 Å². The first-order valence-corrected chi connectivity index (χ1v) is 7.89. The Kier molecular flexibility index (Phi) is 6.00. The van der Waals surface area contributed by atoms with Gasteiger partial charge in [-0.1, -0.05) is 20.3 Å². The second-order valence-electron chi connectivity index (χ2n) is 6.81. The molecule has 3 heteroatoms. The minimum Gasteiger partial charge on any atom is -0.312 e. The molecule has 0 saturated heterocycles. The first kappa shape index (κ1) is 16.6. The largest absolute Gasteiger partial charge is 0.312 e. The van der Waals surface area contributed by atoms with Crippen molar-refractivity contribution in [3.63, 3.8) is 0 Å². The van der Waals surface area contributed by atoms with E-state index in [1.165, 1.54) is 18.5 Å². The molecule has 0 bridgehead atoms. The first-order valence-electron chi connectivity index (χ1n) is 7.10. The van der Waals surface area contributed by atoms with Crippen LogP contribution in [0.15, 0.2) is 22.8 Å². The monoisotopic (exact) mass is 326 g/mol. The molecule has 0 aromatic carbocycles. The number of pyridine rings is 1. The molecule has 2 nitrogen and oxygen atoms in total. The highest BCUT2D eigenvalue weighted by molar-refractivity contribution is 9.10. The van der Waals surface area contributed by atoms with Crippen molar-refractivity contribution in [1.29, 1.82) is 0 Å². The molecule has 1 aromatic heterocycles. The van der Waals surface area contributed by atoms with Gasteiger partial charge in [0, 0.05) is 28.4 Å². The van der Waals surface area contributed by atoms with Gasteiger partial charge < -0.3 is 5.32 Å². The molecule has 108 valence electrons. The summed E-state index contributed by atoms with van der Waals surface area (Å²) in [5, 5.41) is 3.64. The summed E-state index contributed by atoms with van der Waals surface area (Å²) in [7, 11) is 0. The van der Waals surface area contributed by atoms with Gasteiger partial charge in [0.2, 0.25) is 0 Å². The minimum atomic E-state index is 0.169. The summed E-state index contributed by atoms with van der Waals surface area (Å²) in [4.78, 5) is 4.52. The third-order valence-corrected chi connectivity index (χ3v) is 3.76. The fraction of sp³-hybridized carbons (Fsp3) is 0.688. The summed E-state index contributed by atoms with van der Waals surface area (Å²) in [6.45, 7) is 12.3. The molecule has 0 aliphatic rings. The average molecular weight is 327 g/mol. The van der Waals surface area contributed by atoms with Gasteiger partial charge in [-0.05, 0) is 67.1 Å². The summed E-state index contributed by atoms with van der Waals surface area (Å²) in [5.41, 5.74) is 1.61. The maximum atomic E-state index is 4.52. The maximum absolute atomic E-state index is 4.52. The number of nitrogens with zero attached hydrogens (tertiary/aromatic N) is 1. The standard InChI is InChI=1S/C16H27BrN2/c1-6-9-16(5,12-19-15(2,3)4)10-14-8-7-13(17)11-18-14/h7-8,11,19H,6,9-10,12H2,1-5H3. The molecular weight excluding hydrogens is 300 g/mol. The quantitative estimate of drug-likeness (QED) is 0.827. The molecule has 0 saturated carbocycles. The molecule has 1 rings (SSSR count). The smallest absolute Gasteiger partial charge is 0.0413 e. The predicted octanol–water partition coefficient (Wildman–Crippen LogP) is 4.58. The van der Waals surface area contributed by atoms with E-state index in [0.717, 1.165) is 17.4 Å². The molecule has 0 radical (unpaired) electrons. The molecule has 1 aromatic rings. The van der Waals surface area contributed by atoms with Gasteiger partial charge in [0.05, 0.1) is 0 Å². The van der Waals surface area contributed by atoms with Crippen LogP contribution in [-0.2, 0) is 6.42 Å². The van der Waals surface area contributed by atoms with Gasteiger partial charge >= 0.3 is 0 Å². The van der Waals surface area contributed by atoms with E-state index in [2.05, 4.69) is 73.0 Å². The van der Waals surface area contributed by atoms with Gasteiger partial charge in [0.1, 0.15) is 0 Å². The Balaban J connectivity index is 2.72. The number of rotatable bonds is 6. The van der Waals surface area contributed by atoms with Crippen LogP contribution in [0.2, 0.25) is 0 Å². The van der Waals surface area contributed by atoms with E-state index < -0.39 is 0 Å².